The SMILES string of the molecule is CCCCCC(CC)C(C)(C)/C=C/C(C)(C)c1ccn[nH]1. The number of nitrogens with zero attached hydrogens (tertiary/aromatic N) is 1. The van der Waals surface area contributed by atoms with E-state index in [1.54, 1.807) is 0 Å². The molecule has 1 unspecified atom stereocenters. The Balaban J connectivity index is 2.74. The van der Waals surface area contributed by atoms with Crippen molar-refractivity contribution in [2.75, 3.05) is 0 Å². The van der Waals surface area contributed by atoms with E-state index in [2.05, 4.69) is 70.0 Å². The first-order chi connectivity index (χ1) is 9.83. The standard InChI is InChI=1S/C19H34N2/c1-7-9-10-11-16(8-2)18(3,4)13-14-19(5,6)17-12-15-20-21-17/h12-16H,7-11H2,1-6H3,(H,20,21)/b14-13+. The molecular weight excluding hydrogens is 256 g/mol. The zero-order valence-electron chi connectivity index (χ0n) is 14.9. The van der Waals surface area contributed by atoms with E-state index in [1.165, 1.54) is 37.8 Å². The molecule has 0 saturated heterocycles. The summed E-state index contributed by atoms with van der Waals surface area (Å²) in [6.45, 7) is 13.8. The van der Waals surface area contributed by atoms with Gasteiger partial charge in [0.15, 0.2) is 0 Å². The van der Waals surface area contributed by atoms with Crippen LogP contribution in [0.3, 0.4) is 0 Å². The van der Waals surface area contributed by atoms with Crippen LogP contribution in [0.1, 0.15) is 79.3 Å². The maximum atomic E-state index is 4.08. The normalized spacial score (nSPS) is 14.8. The van der Waals surface area contributed by atoms with E-state index in [4.69, 9.17) is 0 Å². The maximum Gasteiger partial charge on any atom is 0.0490 e. The first kappa shape index (κ1) is 18.0. The summed E-state index contributed by atoms with van der Waals surface area (Å²) in [5.74, 6) is 0.762. The molecule has 0 bridgehead atoms. The van der Waals surface area contributed by atoms with Crippen LogP contribution in [-0.4, -0.2) is 10.2 Å². The highest BCUT2D eigenvalue weighted by molar-refractivity contribution is 5.21. The molecule has 1 atom stereocenters. The highest BCUT2D eigenvalue weighted by Crippen LogP contribution is 2.36. The second-order valence-corrected chi connectivity index (χ2v) is 7.45. The summed E-state index contributed by atoms with van der Waals surface area (Å²) >= 11 is 0. The van der Waals surface area contributed by atoms with Crippen LogP contribution in [0.2, 0.25) is 0 Å². The average Bonchev–Trinajstić information content (AvgIpc) is 2.96. The molecule has 0 aliphatic rings. The number of hydrogen-bond acceptors (Lipinski definition) is 1. The van der Waals surface area contributed by atoms with Crippen LogP contribution in [0.15, 0.2) is 24.4 Å². The summed E-state index contributed by atoms with van der Waals surface area (Å²) in [5, 5.41) is 7.17. The van der Waals surface area contributed by atoms with Gasteiger partial charge in [-0.2, -0.15) is 5.10 Å². The fourth-order valence-corrected chi connectivity index (χ4v) is 3.01. The molecule has 1 heterocycles. The monoisotopic (exact) mass is 290 g/mol. The third kappa shape index (κ3) is 5.33. The fourth-order valence-electron chi connectivity index (χ4n) is 3.01. The van der Waals surface area contributed by atoms with Gasteiger partial charge < -0.3 is 0 Å². The van der Waals surface area contributed by atoms with Gasteiger partial charge in [-0.3, -0.25) is 5.10 Å². The lowest BCUT2D eigenvalue weighted by atomic mass is 9.73. The van der Waals surface area contributed by atoms with Gasteiger partial charge in [0.05, 0.1) is 0 Å². The number of nitrogens with one attached hydrogen (secondary N) is 1. The summed E-state index contributed by atoms with van der Waals surface area (Å²) in [5.41, 5.74) is 1.43. The van der Waals surface area contributed by atoms with E-state index in [-0.39, 0.29) is 10.8 Å². The number of H-pyrrole nitrogens is 1. The molecule has 0 radical (unpaired) electrons. The number of rotatable bonds is 9. The topological polar surface area (TPSA) is 28.7 Å². The number of allylic oxidation sites excluding steroid dienone is 2. The molecule has 0 saturated carbocycles. The second-order valence-electron chi connectivity index (χ2n) is 7.45. The van der Waals surface area contributed by atoms with Crippen LogP contribution in [-0.2, 0) is 5.41 Å². The Kier molecular flexibility index (Phi) is 6.70. The van der Waals surface area contributed by atoms with Crippen molar-refractivity contribution in [3.05, 3.63) is 30.1 Å². The molecule has 1 aromatic heterocycles. The summed E-state index contributed by atoms with van der Waals surface area (Å²) < 4.78 is 0. The molecule has 0 spiro atoms. The second kappa shape index (κ2) is 7.82. The predicted molar refractivity (Wildman–Crippen MR) is 92.5 cm³/mol. The van der Waals surface area contributed by atoms with E-state index in [0.717, 1.165) is 5.92 Å². The van der Waals surface area contributed by atoms with Gasteiger partial charge in [-0.25, -0.2) is 0 Å². The molecule has 0 amide bonds. The van der Waals surface area contributed by atoms with Crippen LogP contribution in [0.4, 0.5) is 0 Å². The summed E-state index contributed by atoms with van der Waals surface area (Å²) in [6, 6.07) is 2.07. The van der Waals surface area contributed by atoms with Gasteiger partial charge in [0, 0.05) is 17.3 Å². The first-order valence-electron chi connectivity index (χ1n) is 8.53. The van der Waals surface area contributed by atoms with E-state index in [9.17, 15) is 0 Å². The largest absolute Gasteiger partial charge is 0.282 e. The van der Waals surface area contributed by atoms with Crippen molar-refractivity contribution < 1.29 is 0 Å². The molecule has 120 valence electrons. The quantitative estimate of drug-likeness (QED) is 0.447. The molecular formula is C19H34N2. The maximum absolute atomic E-state index is 4.08. The van der Waals surface area contributed by atoms with Crippen molar-refractivity contribution >= 4 is 0 Å². The summed E-state index contributed by atoms with van der Waals surface area (Å²) in [4.78, 5) is 0. The molecule has 0 aliphatic carbocycles. The molecule has 1 rings (SSSR count). The van der Waals surface area contributed by atoms with E-state index < -0.39 is 0 Å². The van der Waals surface area contributed by atoms with Crippen molar-refractivity contribution in [1.29, 1.82) is 0 Å². The van der Waals surface area contributed by atoms with Gasteiger partial charge in [0.2, 0.25) is 0 Å². The summed E-state index contributed by atoms with van der Waals surface area (Å²) in [7, 11) is 0. The molecule has 0 aliphatic heterocycles. The third-order valence-electron chi connectivity index (χ3n) is 4.83. The highest BCUT2D eigenvalue weighted by atomic mass is 15.1. The molecule has 0 fully saturated rings. The molecule has 0 aromatic carbocycles. The Bertz CT molecular complexity index is 413. The van der Waals surface area contributed by atoms with Crippen molar-refractivity contribution in [1.82, 2.24) is 10.2 Å². The minimum absolute atomic E-state index is 0.00940. The Labute approximate surface area is 131 Å². The number of aromatic amines is 1. The number of hydrogen-bond donors (Lipinski definition) is 1. The Morgan fingerprint density at radius 1 is 1.14 bits per heavy atom. The number of aromatic nitrogens is 2. The molecule has 2 nitrogen and oxygen atoms in total. The van der Waals surface area contributed by atoms with Gasteiger partial charge in [-0.15, -0.1) is 0 Å². The van der Waals surface area contributed by atoms with Crippen LogP contribution >= 0.6 is 0 Å². The van der Waals surface area contributed by atoms with Crippen molar-refractivity contribution in [3.8, 4) is 0 Å². The predicted octanol–water partition coefficient (Wildman–Crippen LogP) is 5.88. The van der Waals surface area contributed by atoms with Gasteiger partial charge in [0.1, 0.15) is 0 Å². The smallest absolute Gasteiger partial charge is 0.0490 e. The molecule has 21 heavy (non-hydrogen) atoms. The lowest BCUT2D eigenvalue weighted by molar-refractivity contribution is 0.249. The highest BCUT2D eigenvalue weighted by Gasteiger charge is 2.27. The molecule has 1 N–H and O–H groups in total. The molecule has 2 heteroatoms. The lowest BCUT2D eigenvalue weighted by Gasteiger charge is -2.32. The third-order valence-corrected chi connectivity index (χ3v) is 4.83. The number of unbranched alkanes of at least 4 members (excludes halogenated alkanes) is 2. The van der Waals surface area contributed by atoms with Gasteiger partial charge in [0.25, 0.3) is 0 Å². The minimum Gasteiger partial charge on any atom is -0.282 e. The van der Waals surface area contributed by atoms with Crippen LogP contribution in [0.25, 0.3) is 0 Å². The van der Waals surface area contributed by atoms with Crippen LogP contribution in [0, 0.1) is 11.3 Å². The van der Waals surface area contributed by atoms with Gasteiger partial charge in [-0.1, -0.05) is 79.4 Å². The molecule has 1 aromatic rings. The van der Waals surface area contributed by atoms with Crippen molar-refractivity contribution in [2.45, 2.75) is 79.1 Å². The average molecular weight is 290 g/mol. The fraction of sp³-hybridized carbons (Fsp3) is 0.737. The lowest BCUT2D eigenvalue weighted by Crippen LogP contribution is -2.23. The van der Waals surface area contributed by atoms with E-state index in [1.807, 2.05) is 6.20 Å². The first-order valence-corrected chi connectivity index (χ1v) is 8.53. The summed E-state index contributed by atoms with van der Waals surface area (Å²) in [6.07, 6.45) is 13.2. The van der Waals surface area contributed by atoms with E-state index >= 15 is 0 Å². The van der Waals surface area contributed by atoms with Gasteiger partial charge in [-0.05, 0) is 23.8 Å². The van der Waals surface area contributed by atoms with Gasteiger partial charge >= 0.3 is 0 Å². The van der Waals surface area contributed by atoms with Crippen molar-refractivity contribution in [2.24, 2.45) is 11.3 Å². The Morgan fingerprint density at radius 2 is 1.86 bits per heavy atom. The van der Waals surface area contributed by atoms with E-state index in [0.29, 0.717) is 0 Å². The zero-order chi connectivity index (χ0) is 15.9. The zero-order valence-corrected chi connectivity index (χ0v) is 14.9. The van der Waals surface area contributed by atoms with Crippen LogP contribution < -0.4 is 0 Å². The van der Waals surface area contributed by atoms with Crippen molar-refractivity contribution in [3.63, 3.8) is 0 Å². The van der Waals surface area contributed by atoms with Crippen LogP contribution in [0.5, 0.6) is 0 Å². The Hall–Kier alpha value is -1.05. The minimum atomic E-state index is 0.00940. The Morgan fingerprint density at radius 3 is 2.38 bits per heavy atom.